The Morgan fingerprint density at radius 3 is 2.41 bits per heavy atom. The van der Waals surface area contributed by atoms with Crippen molar-refractivity contribution in [3.63, 3.8) is 0 Å². The van der Waals surface area contributed by atoms with Crippen LogP contribution in [0.2, 0.25) is 0 Å². The number of amides is 2. The minimum Gasteiger partial charge on any atom is -0.339 e. The van der Waals surface area contributed by atoms with Crippen molar-refractivity contribution in [2.24, 2.45) is 0 Å². The van der Waals surface area contributed by atoms with Crippen molar-refractivity contribution in [3.8, 4) is 0 Å². The zero-order chi connectivity index (χ0) is 20.8. The molecule has 3 rings (SSSR count). The van der Waals surface area contributed by atoms with Crippen LogP contribution in [0, 0.1) is 5.82 Å². The average molecular weight is 399 g/mol. The zero-order valence-corrected chi connectivity index (χ0v) is 17.1. The van der Waals surface area contributed by atoms with Gasteiger partial charge in [-0.1, -0.05) is 18.2 Å². The number of benzene rings is 2. The third-order valence-corrected chi connectivity index (χ3v) is 5.33. The summed E-state index contributed by atoms with van der Waals surface area (Å²) in [5.41, 5.74) is 2.22. The van der Waals surface area contributed by atoms with Crippen LogP contribution in [-0.2, 0) is 11.3 Å². The summed E-state index contributed by atoms with van der Waals surface area (Å²) in [5, 5.41) is 2.93. The first-order valence-corrected chi connectivity index (χ1v) is 10.3. The molecule has 0 aromatic heterocycles. The number of quaternary nitrogens is 1. The van der Waals surface area contributed by atoms with Gasteiger partial charge in [0.1, 0.15) is 12.4 Å². The maximum absolute atomic E-state index is 13.1. The summed E-state index contributed by atoms with van der Waals surface area (Å²) in [5.74, 6) is -0.368. The quantitative estimate of drug-likeness (QED) is 0.682. The monoisotopic (exact) mass is 398 g/mol. The van der Waals surface area contributed by atoms with Crippen molar-refractivity contribution in [2.45, 2.75) is 39.3 Å². The van der Waals surface area contributed by atoms with Crippen LogP contribution in [0.25, 0.3) is 0 Å². The first-order valence-electron chi connectivity index (χ1n) is 10.3. The van der Waals surface area contributed by atoms with Gasteiger partial charge in [-0.2, -0.15) is 0 Å². The Labute approximate surface area is 171 Å². The van der Waals surface area contributed by atoms with Gasteiger partial charge in [-0.15, -0.1) is 0 Å². The lowest BCUT2D eigenvalue weighted by atomic mass is 10.1. The summed E-state index contributed by atoms with van der Waals surface area (Å²) < 4.78 is 13.1. The van der Waals surface area contributed by atoms with Gasteiger partial charge in [0.2, 0.25) is 0 Å². The molecule has 1 aliphatic carbocycles. The second-order valence-electron chi connectivity index (χ2n) is 7.52. The maximum Gasteiger partial charge on any atom is 0.279 e. The van der Waals surface area contributed by atoms with Gasteiger partial charge in [-0.25, -0.2) is 4.39 Å². The molecular formula is C23H29FN3O2+. The second-order valence-corrected chi connectivity index (χ2v) is 7.52. The number of hydrogen-bond donors (Lipinski definition) is 2. The lowest BCUT2D eigenvalue weighted by molar-refractivity contribution is -0.916. The highest BCUT2D eigenvalue weighted by molar-refractivity contribution is 5.97. The summed E-state index contributed by atoms with van der Waals surface area (Å²) in [6.07, 6.45) is 2.22. The molecular weight excluding hydrogens is 369 g/mol. The maximum atomic E-state index is 13.1. The normalized spacial score (nSPS) is 14.3. The molecule has 0 aliphatic heterocycles. The molecule has 154 valence electrons. The smallest absolute Gasteiger partial charge is 0.279 e. The fraction of sp³-hybridized carbons (Fsp3) is 0.391. The Kier molecular flexibility index (Phi) is 6.99. The number of nitrogens with zero attached hydrogens (tertiary/aromatic N) is 1. The van der Waals surface area contributed by atoms with E-state index in [2.05, 4.69) is 5.32 Å². The third-order valence-electron chi connectivity index (χ3n) is 5.33. The summed E-state index contributed by atoms with van der Waals surface area (Å²) in [7, 11) is 0. The highest BCUT2D eigenvalue weighted by Gasteiger charge is 2.34. The molecule has 29 heavy (non-hydrogen) atoms. The minimum absolute atomic E-state index is 0.0346. The third kappa shape index (κ3) is 5.87. The first kappa shape index (κ1) is 21.0. The van der Waals surface area contributed by atoms with Gasteiger partial charge in [0.05, 0.1) is 6.04 Å². The summed E-state index contributed by atoms with van der Waals surface area (Å²) in [6, 6.07) is 14.0. The van der Waals surface area contributed by atoms with Crippen LogP contribution in [0.1, 0.15) is 42.6 Å². The second kappa shape index (κ2) is 9.65. The van der Waals surface area contributed by atoms with Crippen LogP contribution in [0.5, 0.6) is 0 Å². The van der Waals surface area contributed by atoms with Crippen LogP contribution < -0.4 is 10.2 Å². The van der Waals surface area contributed by atoms with E-state index in [1.165, 1.54) is 17.0 Å². The topological polar surface area (TPSA) is 53.9 Å². The Morgan fingerprint density at radius 2 is 1.79 bits per heavy atom. The van der Waals surface area contributed by atoms with Crippen LogP contribution in [0.15, 0.2) is 48.5 Å². The molecule has 0 heterocycles. The van der Waals surface area contributed by atoms with Crippen molar-refractivity contribution in [3.05, 3.63) is 65.5 Å². The molecule has 1 aliphatic rings. The van der Waals surface area contributed by atoms with Gasteiger partial charge in [0.25, 0.3) is 11.8 Å². The first-order chi connectivity index (χ1) is 14.0. The van der Waals surface area contributed by atoms with Crippen molar-refractivity contribution in [2.75, 3.05) is 25.0 Å². The Hall–Kier alpha value is -2.73. The van der Waals surface area contributed by atoms with Crippen molar-refractivity contribution < 1.29 is 18.9 Å². The predicted molar refractivity (Wildman–Crippen MR) is 111 cm³/mol. The van der Waals surface area contributed by atoms with Crippen LogP contribution in [0.4, 0.5) is 10.1 Å². The molecule has 5 nitrogen and oxygen atoms in total. The van der Waals surface area contributed by atoms with E-state index in [0.717, 1.165) is 18.4 Å². The van der Waals surface area contributed by atoms with Crippen molar-refractivity contribution in [1.82, 2.24) is 4.90 Å². The van der Waals surface area contributed by atoms with Gasteiger partial charge in [-0.3, -0.25) is 9.59 Å². The van der Waals surface area contributed by atoms with E-state index >= 15 is 0 Å². The SMILES string of the molecule is CCN(CC)C(=O)c1cccc(NC(=O)C[NH+](Cc2ccc(F)cc2)C2CC2)c1. The molecule has 1 atom stereocenters. The van der Waals surface area contributed by atoms with E-state index < -0.39 is 0 Å². The molecule has 2 N–H and O–H groups in total. The summed E-state index contributed by atoms with van der Waals surface area (Å²) in [6.45, 7) is 6.23. The Balaban J connectivity index is 1.62. The molecule has 1 saturated carbocycles. The molecule has 1 fully saturated rings. The number of anilines is 1. The summed E-state index contributed by atoms with van der Waals surface area (Å²) in [4.78, 5) is 28.1. The number of carbonyl (C=O) groups is 2. The molecule has 2 amide bonds. The number of halogens is 1. The van der Waals surface area contributed by atoms with Crippen molar-refractivity contribution >= 4 is 17.5 Å². The van der Waals surface area contributed by atoms with Gasteiger partial charge >= 0.3 is 0 Å². The molecule has 0 saturated heterocycles. The Morgan fingerprint density at radius 1 is 1.10 bits per heavy atom. The summed E-state index contributed by atoms with van der Waals surface area (Å²) >= 11 is 0. The number of rotatable bonds is 9. The van der Waals surface area contributed by atoms with E-state index in [0.29, 0.717) is 43.5 Å². The van der Waals surface area contributed by atoms with E-state index in [1.54, 1.807) is 41.3 Å². The van der Waals surface area contributed by atoms with E-state index in [4.69, 9.17) is 0 Å². The number of carbonyl (C=O) groups excluding carboxylic acids is 2. The van der Waals surface area contributed by atoms with Crippen LogP contribution in [-0.4, -0.2) is 42.4 Å². The van der Waals surface area contributed by atoms with Crippen molar-refractivity contribution in [1.29, 1.82) is 0 Å². The van der Waals surface area contributed by atoms with Gasteiger partial charge in [0.15, 0.2) is 6.54 Å². The zero-order valence-electron chi connectivity index (χ0n) is 17.1. The molecule has 0 spiro atoms. The highest BCUT2D eigenvalue weighted by atomic mass is 19.1. The molecule has 0 radical (unpaired) electrons. The van der Waals surface area contributed by atoms with Crippen LogP contribution in [0.3, 0.4) is 0 Å². The molecule has 1 unspecified atom stereocenters. The molecule has 2 aromatic rings. The van der Waals surface area contributed by atoms with E-state index in [-0.39, 0.29) is 17.6 Å². The fourth-order valence-electron chi connectivity index (χ4n) is 3.54. The number of nitrogens with one attached hydrogen (secondary N) is 2. The van der Waals surface area contributed by atoms with Crippen LogP contribution >= 0.6 is 0 Å². The average Bonchev–Trinajstić information content (AvgIpc) is 3.55. The van der Waals surface area contributed by atoms with Gasteiger partial charge in [0, 0.05) is 42.7 Å². The predicted octanol–water partition coefficient (Wildman–Crippen LogP) is 2.49. The van der Waals surface area contributed by atoms with Gasteiger partial charge < -0.3 is 15.1 Å². The minimum atomic E-state index is -0.251. The molecule has 0 bridgehead atoms. The lowest BCUT2D eigenvalue weighted by Crippen LogP contribution is -3.13. The largest absolute Gasteiger partial charge is 0.339 e. The fourth-order valence-corrected chi connectivity index (χ4v) is 3.54. The standard InChI is InChI=1S/C23H28FN3O2/c1-3-26(4-2)23(29)18-6-5-7-20(14-18)25-22(28)16-27(21-12-13-21)15-17-8-10-19(24)11-9-17/h5-11,14,21H,3-4,12-13,15-16H2,1-2H3,(H,25,28)/p+1. The molecule has 2 aromatic carbocycles. The lowest BCUT2D eigenvalue weighted by Gasteiger charge is -2.20. The van der Waals surface area contributed by atoms with E-state index in [9.17, 15) is 14.0 Å². The Bertz CT molecular complexity index is 845. The van der Waals surface area contributed by atoms with E-state index in [1.807, 2.05) is 13.8 Å². The highest BCUT2D eigenvalue weighted by Crippen LogP contribution is 2.16. The van der Waals surface area contributed by atoms with Gasteiger partial charge in [-0.05, 0) is 44.2 Å². The molecule has 6 heteroatoms. The number of hydrogen-bond acceptors (Lipinski definition) is 2.